The summed E-state index contributed by atoms with van der Waals surface area (Å²) < 4.78 is 32.0. The van der Waals surface area contributed by atoms with Gasteiger partial charge in [0.15, 0.2) is 23.0 Å². The number of ether oxygens (including phenoxy) is 6. The highest BCUT2D eigenvalue weighted by molar-refractivity contribution is 5.64. The van der Waals surface area contributed by atoms with Crippen LogP contribution in [0.4, 0.5) is 0 Å². The summed E-state index contributed by atoms with van der Waals surface area (Å²) in [4.78, 5) is 0. The van der Waals surface area contributed by atoms with Crippen molar-refractivity contribution in [2.75, 3.05) is 42.7 Å². The average molecular weight is 384 g/mol. The molecule has 0 amide bonds. The van der Waals surface area contributed by atoms with E-state index in [9.17, 15) is 0 Å². The topological polar surface area (TPSA) is 55.4 Å². The summed E-state index contributed by atoms with van der Waals surface area (Å²) in [6.07, 6.45) is 3.60. The van der Waals surface area contributed by atoms with Crippen molar-refractivity contribution in [2.45, 2.75) is 0 Å². The summed E-state index contributed by atoms with van der Waals surface area (Å²) in [5, 5.41) is 0. The Labute approximate surface area is 165 Å². The molecule has 6 nitrogen and oxygen atoms in total. The maximum atomic E-state index is 5.35. The van der Waals surface area contributed by atoms with Gasteiger partial charge in [-0.1, -0.05) is 11.8 Å². The fourth-order valence-electron chi connectivity index (χ4n) is 2.61. The molecule has 0 aliphatic carbocycles. The third kappa shape index (κ3) is 4.63. The van der Waals surface area contributed by atoms with Gasteiger partial charge in [0.1, 0.15) is 0 Å². The summed E-state index contributed by atoms with van der Waals surface area (Å²) in [5.41, 5.74) is 1.61. The minimum absolute atomic E-state index is 0.531. The lowest BCUT2D eigenvalue weighted by molar-refractivity contribution is 0.324. The first-order chi connectivity index (χ1) is 13.6. The van der Waals surface area contributed by atoms with E-state index < -0.39 is 0 Å². The van der Waals surface area contributed by atoms with Crippen LogP contribution in [0.1, 0.15) is 11.1 Å². The van der Waals surface area contributed by atoms with Gasteiger partial charge >= 0.3 is 0 Å². The second kappa shape index (κ2) is 10.0. The molecule has 0 atom stereocenters. The molecule has 0 heterocycles. The van der Waals surface area contributed by atoms with E-state index in [0.717, 1.165) is 11.1 Å². The minimum Gasteiger partial charge on any atom is -0.493 e. The molecule has 0 fully saturated rings. The first-order valence-electron chi connectivity index (χ1n) is 8.39. The van der Waals surface area contributed by atoms with E-state index in [4.69, 9.17) is 28.4 Å². The number of rotatable bonds is 7. The largest absolute Gasteiger partial charge is 0.493 e. The lowest BCUT2D eigenvalue weighted by atomic mass is 10.1. The van der Waals surface area contributed by atoms with Crippen molar-refractivity contribution < 1.29 is 28.4 Å². The predicted octanol–water partition coefficient (Wildman–Crippen LogP) is 3.80. The molecule has 0 unspecified atom stereocenters. The monoisotopic (exact) mass is 384 g/mol. The Balaban J connectivity index is 2.31. The summed E-state index contributed by atoms with van der Waals surface area (Å²) >= 11 is 0. The van der Waals surface area contributed by atoms with Gasteiger partial charge in [-0.3, -0.25) is 0 Å². The van der Waals surface area contributed by atoms with E-state index in [2.05, 4.69) is 11.8 Å². The molecule has 0 aliphatic heterocycles. The van der Waals surface area contributed by atoms with E-state index in [1.807, 2.05) is 18.2 Å². The summed E-state index contributed by atoms with van der Waals surface area (Å²) in [5.74, 6) is 9.41. The highest BCUT2D eigenvalue weighted by Gasteiger charge is 2.13. The summed E-state index contributed by atoms with van der Waals surface area (Å²) in [6, 6.07) is 7.28. The maximum Gasteiger partial charge on any atom is 0.203 e. The Hall–Kier alpha value is -3.46. The lowest BCUT2D eigenvalue weighted by Crippen LogP contribution is -1.95. The lowest BCUT2D eigenvalue weighted by Gasteiger charge is -2.12. The predicted molar refractivity (Wildman–Crippen MR) is 108 cm³/mol. The minimum atomic E-state index is 0.531. The van der Waals surface area contributed by atoms with Gasteiger partial charge in [0, 0.05) is 5.56 Å². The van der Waals surface area contributed by atoms with Crippen molar-refractivity contribution in [3.8, 4) is 46.3 Å². The van der Waals surface area contributed by atoms with Gasteiger partial charge in [-0.2, -0.15) is 0 Å². The molecule has 6 heteroatoms. The molecule has 0 bridgehead atoms. The van der Waals surface area contributed by atoms with E-state index >= 15 is 0 Å². The molecule has 2 aromatic carbocycles. The molecule has 0 aromatic heterocycles. The molecule has 0 N–H and O–H groups in total. The van der Waals surface area contributed by atoms with Gasteiger partial charge < -0.3 is 28.4 Å². The number of hydrogen-bond donors (Lipinski definition) is 0. The summed E-state index contributed by atoms with van der Waals surface area (Å²) in [6.45, 7) is 0. The Morgan fingerprint density at radius 1 is 0.607 bits per heavy atom. The van der Waals surface area contributed by atoms with E-state index in [-0.39, 0.29) is 0 Å². The molecule has 0 radical (unpaired) electrons. The molecule has 2 rings (SSSR count). The number of allylic oxidation sites excluding steroid dienone is 1. The second-order valence-electron chi connectivity index (χ2n) is 5.48. The van der Waals surface area contributed by atoms with Crippen LogP contribution >= 0.6 is 0 Å². The van der Waals surface area contributed by atoms with Crippen LogP contribution < -0.4 is 28.4 Å². The average Bonchev–Trinajstić information content (AvgIpc) is 2.74. The van der Waals surface area contributed by atoms with Crippen molar-refractivity contribution in [1.29, 1.82) is 0 Å². The van der Waals surface area contributed by atoms with Crippen molar-refractivity contribution in [2.24, 2.45) is 0 Å². The van der Waals surface area contributed by atoms with Gasteiger partial charge in [-0.15, -0.1) is 0 Å². The number of hydrogen-bond acceptors (Lipinski definition) is 6. The molecular weight excluding hydrogens is 360 g/mol. The zero-order valence-corrected chi connectivity index (χ0v) is 16.9. The van der Waals surface area contributed by atoms with Gasteiger partial charge in [-0.25, -0.2) is 0 Å². The zero-order valence-electron chi connectivity index (χ0n) is 16.9. The normalized spacial score (nSPS) is 10.1. The molecular formula is C22H24O6. The van der Waals surface area contributed by atoms with E-state index in [1.165, 1.54) is 0 Å². The third-order valence-electron chi connectivity index (χ3n) is 3.93. The standard InChI is InChI=1S/C22H24O6/c1-23-17-11-15(12-18(24-2)21(17)27-5)9-7-8-10-16-13-19(25-3)22(28-6)20(14-16)26-4/h7,9,11-14H,1-6H3/b9-7+. The van der Waals surface area contributed by atoms with Crippen LogP contribution in [-0.2, 0) is 0 Å². The molecule has 28 heavy (non-hydrogen) atoms. The SMILES string of the molecule is COc1cc(C#C/C=C/c2cc(OC)c(OC)c(OC)c2)cc(OC)c1OC. The fourth-order valence-corrected chi connectivity index (χ4v) is 2.61. The first-order valence-corrected chi connectivity index (χ1v) is 8.39. The maximum absolute atomic E-state index is 5.35. The van der Waals surface area contributed by atoms with Crippen molar-refractivity contribution >= 4 is 6.08 Å². The highest BCUT2D eigenvalue weighted by Crippen LogP contribution is 2.39. The summed E-state index contributed by atoms with van der Waals surface area (Å²) in [7, 11) is 9.42. The van der Waals surface area contributed by atoms with Gasteiger partial charge in [-0.05, 0) is 42.0 Å². The smallest absolute Gasteiger partial charge is 0.203 e. The first kappa shape index (κ1) is 20.8. The third-order valence-corrected chi connectivity index (χ3v) is 3.93. The molecule has 0 spiro atoms. The van der Waals surface area contributed by atoms with E-state index in [1.54, 1.807) is 60.9 Å². The zero-order chi connectivity index (χ0) is 20.5. The van der Waals surface area contributed by atoms with Crippen LogP contribution in [0.5, 0.6) is 34.5 Å². The van der Waals surface area contributed by atoms with Crippen molar-refractivity contribution in [3.05, 3.63) is 41.5 Å². The molecule has 2 aromatic rings. The fraction of sp³-hybridized carbons (Fsp3) is 0.273. The van der Waals surface area contributed by atoms with Gasteiger partial charge in [0.25, 0.3) is 0 Å². The molecule has 0 saturated heterocycles. The van der Waals surface area contributed by atoms with Crippen LogP contribution in [0.25, 0.3) is 6.08 Å². The number of benzene rings is 2. The van der Waals surface area contributed by atoms with Crippen molar-refractivity contribution in [1.82, 2.24) is 0 Å². The molecule has 0 aliphatic rings. The van der Waals surface area contributed by atoms with Gasteiger partial charge in [0.2, 0.25) is 11.5 Å². The highest BCUT2D eigenvalue weighted by atomic mass is 16.5. The Morgan fingerprint density at radius 2 is 1.04 bits per heavy atom. The second-order valence-corrected chi connectivity index (χ2v) is 5.48. The Morgan fingerprint density at radius 3 is 1.43 bits per heavy atom. The van der Waals surface area contributed by atoms with Crippen LogP contribution in [0.3, 0.4) is 0 Å². The Bertz CT molecular complexity index is 855. The van der Waals surface area contributed by atoms with Crippen LogP contribution in [-0.4, -0.2) is 42.7 Å². The van der Waals surface area contributed by atoms with Crippen LogP contribution in [0.2, 0.25) is 0 Å². The van der Waals surface area contributed by atoms with Crippen LogP contribution in [0, 0.1) is 11.8 Å². The number of methoxy groups -OCH3 is 6. The quantitative estimate of drug-likeness (QED) is 0.677. The van der Waals surface area contributed by atoms with Crippen molar-refractivity contribution in [3.63, 3.8) is 0 Å². The van der Waals surface area contributed by atoms with Gasteiger partial charge in [0.05, 0.1) is 42.7 Å². The molecule has 148 valence electrons. The molecule has 0 saturated carbocycles. The van der Waals surface area contributed by atoms with E-state index in [0.29, 0.717) is 34.5 Å². The Kier molecular flexibility index (Phi) is 7.46. The van der Waals surface area contributed by atoms with Crippen LogP contribution in [0.15, 0.2) is 30.3 Å².